The van der Waals surface area contributed by atoms with Crippen molar-refractivity contribution in [2.45, 2.75) is 55.6 Å². The van der Waals surface area contributed by atoms with Crippen LogP contribution in [0.15, 0.2) is 102 Å². The summed E-state index contributed by atoms with van der Waals surface area (Å²) >= 11 is 12.8. The van der Waals surface area contributed by atoms with Gasteiger partial charge in [-0.1, -0.05) is 90.6 Å². The van der Waals surface area contributed by atoms with Gasteiger partial charge in [-0.3, -0.25) is 13.9 Å². The molecule has 4 aromatic rings. The molecule has 2 amide bonds. The zero-order valence-electron chi connectivity index (χ0n) is 27.4. The Hall–Kier alpha value is -4.25. The van der Waals surface area contributed by atoms with Crippen LogP contribution in [0.25, 0.3) is 0 Å². The number of benzene rings is 4. The first kappa shape index (κ1) is 36.0. The molecular weight excluding hydrogens is 685 g/mol. The molecule has 1 N–H and O–H groups in total. The summed E-state index contributed by atoms with van der Waals surface area (Å²) in [6, 6.07) is 25.8. The van der Waals surface area contributed by atoms with Gasteiger partial charge in [0.1, 0.15) is 24.1 Å². The lowest BCUT2D eigenvalue weighted by Gasteiger charge is -2.34. The molecule has 0 heterocycles. The molecule has 4 aromatic carbocycles. The Kier molecular flexibility index (Phi) is 12.1. The van der Waals surface area contributed by atoms with Gasteiger partial charge in [-0.2, -0.15) is 0 Å². The van der Waals surface area contributed by atoms with Gasteiger partial charge >= 0.3 is 0 Å². The molecule has 0 aromatic heterocycles. The predicted octanol–water partition coefficient (Wildman–Crippen LogP) is 6.90. The maximum Gasteiger partial charge on any atom is 0.264 e. The molecule has 258 valence electrons. The highest BCUT2D eigenvalue weighted by molar-refractivity contribution is 7.92. The fourth-order valence-corrected chi connectivity index (χ4v) is 7.89. The number of nitrogens with one attached hydrogen (secondary N) is 1. The quantitative estimate of drug-likeness (QED) is 0.152. The summed E-state index contributed by atoms with van der Waals surface area (Å²) in [5.74, 6) is -0.386. The third kappa shape index (κ3) is 8.86. The number of hydrogen-bond donors (Lipinski definition) is 1. The maximum absolute atomic E-state index is 14.8. The topological polar surface area (TPSA) is 105 Å². The van der Waals surface area contributed by atoms with E-state index in [1.165, 1.54) is 37.3 Å². The van der Waals surface area contributed by atoms with Crippen LogP contribution in [-0.2, 0) is 32.6 Å². The second-order valence-corrected chi connectivity index (χ2v) is 14.5. The Balaban J connectivity index is 1.62. The van der Waals surface area contributed by atoms with Crippen LogP contribution < -0.4 is 19.1 Å². The van der Waals surface area contributed by atoms with Crippen molar-refractivity contribution in [2.24, 2.45) is 0 Å². The molecule has 9 nitrogen and oxygen atoms in total. The van der Waals surface area contributed by atoms with Crippen molar-refractivity contribution in [3.8, 4) is 11.5 Å². The molecule has 0 bridgehead atoms. The minimum Gasteiger partial charge on any atom is -0.497 e. The number of halogens is 2. The summed E-state index contributed by atoms with van der Waals surface area (Å²) < 4.78 is 40.8. The summed E-state index contributed by atoms with van der Waals surface area (Å²) in [5.41, 5.74) is 1.47. The van der Waals surface area contributed by atoms with E-state index in [9.17, 15) is 18.0 Å². The number of anilines is 1. The Morgan fingerprint density at radius 3 is 2.18 bits per heavy atom. The molecule has 49 heavy (non-hydrogen) atoms. The minimum absolute atomic E-state index is 0.0159. The molecular formula is C37H39Cl2N3O6S. The molecule has 0 unspecified atom stereocenters. The van der Waals surface area contributed by atoms with Crippen molar-refractivity contribution in [1.29, 1.82) is 0 Å². The molecule has 0 saturated heterocycles. The van der Waals surface area contributed by atoms with Gasteiger partial charge in [0.25, 0.3) is 10.0 Å². The van der Waals surface area contributed by atoms with Gasteiger partial charge in [-0.15, -0.1) is 0 Å². The molecule has 1 saturated carbocycles. The molecule has 1 fully saturated rings. The van der Waals surface area contributed by atoms with Gasteiger partial charge in [-0.05, 0) is 60.4 Å². The van der Waals surface area contributed by atoms with Gasteiger partial charge in [0, 0.05) is 35.1 Å². The van der Waals surface area contributed by atoms with Crippen molar-refractivity contribution in [3.63, 3.8) is 0 Å². The highest BCUT2D eigenvalue weighted by Gasteiger charge is 2.36. The molecule has 0 spiro atoms. The Morgan fingerprint density at radius 1 is 0.878 bits per heavy atom. The lowest BCUT2D eigenvalue weighted by atomic mass is 10.0. The predicted molar refractivity (Wildman–Crippen MR) is 192 cm³/mol. The monoisotopic (exact) mass is 723 g/mol. The summed E-state index contributed by atoms with van der Waals surface area (Å²) in [6.45, 7) is -0.743. The van der Waals surface area contributed by atoms with Crippen molar-refractivity contribution in [1.82, 2.24) is 10.2 Å². The first-order valence-corrected chi connectivity index (χ1v) is 18.2. The molecule has 1 atom stereocenters. The molecule has 5 rings (SSSR count). The second kappa shape index (κ2) is 16.4. The Morgan fingerprint density at radius 2 is 1.55 bits per heavy atom. The molecule has 1 aliphatic carbocycles. The molecule has 0 radical (unpaired) electrons. The normalized spacial score (nSPS) is 13.8. The third-order valence-corrected chi connectivity index (χ3v) is 11.0. The smallest absolute Gasteiger partial charge is 0.264 e. The first-order valence-electron chi connectivity index (χ1n) is 16.0. The van der Waals surface area contributed by atoms with Crippen LogP contribution in [0.1, 0.15) is 36.8 Å². The molecule has 1 aliphatic rings. The van der Waals surface area contributed by atoms with Crippen LogP contribution in [0.3, 0.4) is 0 Å². The SMILES string of the molecule is COc1ccc(OC)c(N(CC(=O)N(Cc2ccc(Cl)cc2Cl)[C@H](Cc2ccccc2)C(=O)NC2CCCC2)S(=O)(=O)c2ccccc2)c1. The number of rotatable bonds is 14. The highest BCUT2D eigenvalue weighted by atomic mass is 35.5. The van der Waals surface area contributed by atoms with Crippen molar-refractivity contribution in [3.05, 3.63) is 118 Å². The Labute approximate surface area is 297 Å². The van der Waals surface area contributed by atoms with E-state index in [-0.39, 0.29) is 41.2 Å². The average molecular weight is 725 g/mol. The van der Waals surface area contributed by atoms with E-state index in [0.29, 0.717) is 21.4 Å². The van der Waals surface area contributed by atoms with E-state index in [0.717, 1.165) is 35.6 Å². The van der Waals surface area contributed by atoms with E-state index in [1.54, 1.807) is 48.5 Å². The van der Waals surface area contributed by atoms with E-state index in [4.69, 9.17) is 32.7 Å². The van der Waals surface area contributed by atoms with Gasteiger partial charge in [0.05, 0.1) is 24.8 Å². The standard InChI is InChI=1S/C37H39Cl2N3O6S/c1-47-30-19-20-35(48-2)33(23-30)42(49(45,46)31-15-7-4-8-16-31)25-36(43)41(24-27-17-18-28(38)22-32(27)39)34(21-26-11-5-3-6-12-26)37(44)40-29-13-9-10-14-29/h3-8,11-12,15-20,22-23,29,34H,9-10,13-14,21,24-25H2,1-2H3,(H,40,44)/t34-/m1/s1. The second-order valence-electron chi connectivity index (χ2n) is 11.8. The number of amides is 2. The number of nitrogens with zero attached hydrogens (tertiary/aromatic N) is 2. The highest BCUT2D eigenvalue weighted by Crippen LogP contribution is 2.36. The number of ether oxygens (including phenoxy) is 2. The van der Waals surface area contributed by atoms with E-state index < -0.39 is 28.5 Å². The summed E-state index contributed by atoms with van der Waals surface area (Å²) in [4.78, 5) is 30.4. The van der Waals surface area contributed by atoms with Gasteiger partial charge < -0.3 is 19.7 Å². The van der Waals surface area contributed by atoms with Crippen LogP contribution in [0.5, 0.6) is 11.5 Å². The van der Waals surface area contributed by atoms with Crippen molar-refractivity contribution < 1.29 is 27.5 Å². The lowest BCUT2D eigenvalue weighted by Crippen LogP contribution is -2.54. The minimum atomic E-state index is -4.34. The van der Waals surface area contributed by atoms with Crippen LogP contribution >= 0.6 is 23.2 Å². The Bertz CT molecular complexity index is 1850. The first-order chi connectivity index (χ1) is 23.6. The maximum atomic E-state index is 14.8. The van der Waals surface area contributed by atoms with E-state index in [1.807, 2.05) is 30.3 Å². The molecule has 0 aliphatic heterocycles. The van der Waals surface area contributed by atoms with Crippen LogP contribution in [-0.4, -0.2) is 58.0 Å². The zero-order chi connectivity index (χ0) is 35.0. The number of methoxy groups -OCH3 is 2. The van der Waals surface area contributed by atoms with E-state index >= 15 is 0 Å². The van der Waals surface area contributed by atoms with Crippen LogP contribution in [0.2, 0.25) is 10.0 Å². The van der Waals surface area contributed by atoms with Gasteiger partial charge in [0.2, 0.25) is 11.8 Å². The number of carbonyl (C=O) groups is 2. The van der Waals surface area contributed by atoms with Crippen LogP contribution in [0.4, 0.5) is 5.69 Å². The van der Waals surface area contributed by atoms with Gasteiger partial charge in [0.15, 0.2) is 0 Å². The largest absolute Gasteiger partial charge is 0.497 e. The number of carbonyl (C=O) groups excluding carboxylic acids is 2. The van der Waals surface area contributed by atoms with Crippen molar-refractivity contribution >= 4 is 50.7 Å². The van der Waals surface area contributed by atoms with E-state index in [2.05, 4.69) is 5.32 Å². The zero-order valence-corrected chi connectivity index (χ0v) is 29.7. The summed E-state index contributed by atoms with van der Waals surface area (Å²) in [5, 5.41) is 3.89. The third-order valence-electron chi connectivity index (χ3n) is 8.59. The fourth-order valence-electron chi connectivity index (χ4n) is 5.98. The summed E-state index contributed by atoms with van der Waals surface area (Å²) in [6.07, 6.45) is 3.89. The number of hydrogen-bond acceptors (Lipinski definition) is 6. The lowest BCUT2D eigenvalue weighted by molar-refractivity contribution is -0.140. The summed E-state index contributed by atoms with van der Waals surface area (Å²) in [7, 11) is -1.47. The van der Waals surface area contributed by atoms with Crippen LogP contribution in [0, 0.1) is 0 Å². The van der Waals surface area contributed by atoms with Crippen molar-refractivity contribution in [2.75, 3.05) is 25.1 Å². The fraction of sp³-hybridized carbons (Fsp3) is 0.297. The molecule has 12 heteroatoms. The van der Waals surface area contributed by atoms with Gasteiger partial charge in [-0.25, -0.2) is 8.42 Å². The number of sulfonamides is 1. The average Bonchev–Trinajstić information content (AvgIpc) is 3.63.